The third-order valence-corrected chi connectivity index (χ3v) is 2.35. The highest BCUT2D eigenvalue weighted by Crippen LogP contribution is 2.25. The molecular weight excluding hydrogens is 221 g/mol. The van der Waals surface area contributed by atoms with Gasteiger partial charge in [-0.25, -0.2) is 9.97 Å². The number of alkyl halides is 3. The summed E-state index contributed by atoms with van der Waals surface area (Å²) >= 11 is 0. The van der Waals surface area contributed by atoms with Crippen LogP contribution in [0.3, 0.4) is 0 Å². The molecule has 0 aliphatic carbocycles. The fraction of sp³-hybridized carbons (Fsp3) is 0.600. The average Bonchev–Trinajstić information content (AvgIpc) is 2.16. The fourth-order valence-electron chi connectivity index (χ4n) is 1.01. The number of hydrogen-bond donors (Lipinski definition) is 0. The van der Waals surface area contributed by atoms with E-state index in [0.717, 1.165) is 18.8 Å². The lowest BCUT2D eigenvalue weighted by atomic mass is 9.89. The first-order valence-corrected chi connectivity index (χ1v) is 4.83. The Bertz CT molecular complexity index is 346. The van der Waals surface area contributed by atoms with Gasteiger partial charge in [0.2, 0.25) is 0 Å². The predicted octanol–water partition coefficient (Wildman–Crippen LogP) is 3.06. The van der Waals surface area contributed by atoms with Gasteiger partial charge in [-0.05, 0) is 6.42 Å². The maximum atomic E-state index is 11.9. The van der Waals surface area contributed by atoms with E-state index in [-0.39, 0.29) is 5.41 Å². The fourth-order valence-corrected chi connectivity index (χ4v) is 1.01. The summed E-state index contributed by atoms with van der Waals surface area (Å²) in [5.41, 5.74) is -0.253. The van der Waals surface area contributed by atoms with Gasteiger partial charge in [0.1, 0.15) is 5.82 Å². The van der Waals surface area contributed by atoms with Crippen LogP contribution in [0, 0.1) is 0 Å². The van der Waals surface area contributed by atoms with Gasteiger partial charge in [-0.1, -0.05) is 20.8 Å². The molecule has 3 nitrogen and oxygen atoms in total. The zero-order chi connectivity index (χ0) is 12.4. The maximum Gasteiger partial charge on any atom is 0.573 e. The summed E-state index contributed by atoms with van der Waals surface area (Å²) < 4.78 is 39.3. The van der Waals surface area contributed by atoms with Crippen molar-refractivity contribution in [3.8, 4) is 5.75 Å². The molecule has 0 saturated carbocycles. The molecule has 0 amide bonds. The van der Waals surface area contributed by atoms with E-state index in [2.05, 4.69) is 14.7 Å². The van der Waals surface area contributed by atoms with Crippen LogP contribution in [0.2, 0.25) is 0 Å². The van der Waals surface area contributed by atoms with E-state index in [1.807, 2.05) is 20.8 Å². The van der Waals surface area contributed by atoms with Crippen LogP contribution in [-0.4, -0.2) is 16.3 Å². The number of ether oxygens (including phenoxy) is 1. The van der Waals surface area contributed by atoms with Crippen LogP contribution in [0.4, 0.5) is 13.2 Å². The molecule has 0 atom stereocenters. The molecule has 6 heteroatoms. The summed E-state index contributed by atoms with van der Waals surface area (Å²) in [5, 5.41) is 0. The normalized spacial score (nSPS) is 12.6. The number of halogens is 3. The van der Waals surface area contributed by atoms with E-state index < -0.39 is 12.1 Å². The Morgan fingerprint density at radius 2 is 1.69 bits per heavy atom. The minimum Gasteiger partial charge on any atom is -0.402 e. The van der Waals surface area contributed by atoms with E-state index in [1.54, 1.807) is 0 Å². The van der Waals surface area contributed by atoms with E-state index >= 15 is 0 Å². The first-order valence-electron chi connectivity index (χ1n) is 4.83. The molecule has 0 radical (unpaired) electrons. The van der Waals surface area contributed by atoms with E-state index in [4.69, 9.17) is 0 Å². The van der Waals surface area contributed by atoms with Crippen molar-refractivity contribution in [3.63, 3.8) is 0 Å². The molecule has 0 aliphatic heterocycles. The summed E-state index contributed by atoms with van der Waals surface area (Å²) in [6.45, 7) is 5.81. The molecule has 0 saturated heterocycles. The molecular formula is C10H13F3N2O. The molecule has 1 aromatic heterocycles. The molecule has 0 spiro atoms. The van der Waals surface area contributed by atoms with Gasteiger partial charge in [0.05, 0.1) is 12.4 Å². The van der Waals surface area contributed by atoms with E-state index in [0.29, 0.717) is 5.82 Å². The maximum absolute atomic E-state index is 11.9. The van der Waals surface area contributed by atoms with Crippen molar-refractivity contribution in [1.29, 1.82) is 0 Å². The Labute approximate surface area is 91.7 Å². The summed E-state index contributed by atoms with van der Waals surface area (Å²) in [6, 6.07) is 0. The van der Waals surface area contributed by atoms with Crippen LogP contribution in [-0.2, 0) is 5.41 Å². The Balaban J connectivity index is 2.84. The molecule has 1 aromatic rings. The second-order valence-electron chi connectivity index (χ2n) is 4.03. The second-order valence-corrected chi connectivity index (χ2v) is 4.03. The van der Waals surface area contributed by atoms with Gasteiger partial charge in [0, 0.05) is 5.41 Å². The summed E-state index contributed by atoms with van der Waals surface area (Å²) in [5.74, 6) is 0.104. The van der Waals surface area contributed by atoms with Crippen LogP contribution in [0.15, 0.2) is 12.4 Å². The molecule has 90 valence electrons. The Kier molecular flexibility index (Phi) is 3.40. The molecule has 0 bridgehead atoms. The largest absolute Gasteiger partial charge is 0.573 e. The Morgan fingerprint density at radius 3 is 2.06 bits per heavy atom. The molecule has 1 rings (SSSR count). The average molecular weight is 234 g/mol. The summed E-state index contributed by atoms with van der Waals surface area (Å²) in [4.78, 5) is 7.74. The molecule has 0 fully saturated rings. The van der Waals surface area contributed by atoms with Gasteiger partial charge in [0.25, 0.3) is 0 Å². The van der Waals surface area contributed by atoms with Crippen molar-refractivity contribution in [2.45, 2.75) is 39.0 Å². The smallest absolute Gasteiger partial charge is 0.402 e. The zero-order valence-electron chi connectivity index (χ0n) is 9.30. The molecule has 0 aromatic carbocycles. The molecule has 0 unspecified atom stereocenters. The second kappa shape index (κ2) is 4.27. The minimum atomic E-state index is -4.70. The topological polar surface area (TPSA) is 35.0 Å². The van der Waals surface area contributed by atoms with Crippen LogP contribution >= 0.6 is 0 Å². The van der Waals surface area contributed by atoms with Crippen LogP contribution in [0.5, 0.6) is 5.75 Å². The van der Waals surface area contributed by atoms with Crippen molar-refractivity contribution in [3.05, 3.63) is 18.2 Å². The minimum absolute atomic E-state index is 0.253. The van der Waals surface area contributed by atoms with Gasteiger partial charge >= 0.3 is 6.36 Å². The van der Waals surface area contributed by atoms with Gasteiger partial charge in [-0.15, -0.1) is 13.2 Å². The lowest BCUT2D eigenvalue weighted by molar-refractivity contribution is -0.274. The number of hydrogen-bond acceptors (Lipinski definition) is 3. The predicted molar refractivity (Wildman–Crippen MR) is 52.0 cm³/mol. The monoisotopic (exact) mass is 234 g/mol. The van der Waals surface area contributed by atoms with E-state index in [1.165, 1.54) is 0 Å². The van der Waals surface area contributed by atoms with Gasteiger partial charge < -0.3 is 4.74 Å². The van der Waals surface area contributed by atoms with Crippen LogP contribution in [0.1, 0.15) is 33.0 Å². The highest BCUT2D eigenvalue weighted by molar-refractivity contribution is 5.15. The lowest BCUT2D eigenvalue weighted by Gasteiger charge is -2.20. The van der Waals surface area contributed by atoms with Crippen molar-refractivity contribution < 1.29 is 17.9 Å². The number of nitrogens with zero attached hydrogens (tertiary/aromatic N) is 2. The summed E-state index contributed by atoms with van der Waals surface area (Å²) in [7, 11) is 0. The zero-order valence-corrected chi connectivity index (χ0v) is 9.30. The molecule has 16 heavy (non-hydrogen) atoms. The SMILES string of the molecule is CCC(C)(C)c1ncc(OC(F)(F)F)cn1. The first kappa shape index (κ1) is 12.7. The number of aromatic nitrogens is 2. The quantitative estimate of drug-likeness (QED) is 0.806. The van der Waals surface area contributed by atoms with Crippen LogP contribution < -0.4 is 4.74 Å². The van der Waals surface area contributed by atoms with Gasteiger partial charge in [-0.3, -0.25) is 0 Å². The Hall–Kier alpha value is -1.33. The van der Waals surface area contributed by atoms with E-state index in [9.17, 15) is 13.2 Å². The highest BCUT2D eigenvalue weighted by atomic mass is 19.4. The standard InChI is InChI=1S/C10H13F3N2O/c1-4-9(2,3)8-14-5-7(6-15-8)16-10(11,12)13/h5-6H,4H2,1-3H3. The highest BCUT2D eigenvalue weighted by Gasteiger charge is 2.31. The third kappa shape index (κ3) is 3.36. The molecule has 0 aliphatic rings. The number of rotatable bonds is 3. The first-order chi connectivity index (χ1) is 7.24. The van der Waals surface area contributed by atoms with Crippen LogP contribution in [0.25, 0.3) is 0 Å². The molecule has 1 heterocycles. The Morgan fingerprint density at radius 1 is 1.19 bits per heavy atom. The van der Waals surface area contributed by atoms with Crippen molar-refractivity contribution in [2.75, 3.05) is 0 Å². The van der Waals surface area contributed by atoms with Gasteiger partial charge in [-0.2, -0.15) is 0 Å². The van der Waals surface area contributed by atoms with Crippen molar-refractivity contribution >= 4 is 0 Å². The lowest BCUT2D eigenvalue weighted by Crippen LogP contribution is -2.21. The van der Waals surface area contributed by atoms with Crippen molar-refractivity contribution in [2.24, 2.45) is 0 Å². The third-order valence-electron chi connectivity index (χ3n) is 2.35. The van der Waals surface area contributed by atoms with Gasteiger partial charge in [0.15, 0.2) is 5.75 Å². The summed E-state index contributed by atoms with van der Waals surface area (Å²) in [6.07, 6.45) is -1.84. The molecule has 0 N–H and O–H groups in total. The van der Waals surface area contributed by atoms with Crippen molar-refractivity contribution in [1.82, 2.24) is 9.97 Å².